The Bertz CT molecular complexity index is 995. The first kappa shape index (κ1) is 28.0. The van der Waals surface area contributed by atoms with Gasteiger partial charge in [0, 0.05) is 0 Å². The Balaban J connectivity index is 1.72. The number of hydrogen-bond donors (Lipinski definition) is 0. The van der Waals surface area contributed by atoms with Gasteiger partial charge in [0.05, 0.1) is 11.0 Å². The summed E-state index contributed by atoms with van der Waals surface area (Å²) in [7, 11) is 0. The third-order valence-corrected chi connectivity index (χ3v) is 8.07. The number of benzene rings is 2. The molecule has 0 aliphatic heterocycles. The second-order valence-electron chi connectivity index (χ2n) is 10.9. The number of unbranched alkanes of at least 4 members (excludes halogenated alkanes) is 5. The van der Waals surface area contributed by atoms with E-state index < -0.39 is 5.41 Å². The fraction of sp³-hybridized carbons (Fsp3) is 0.576. The van der Waals surface area contributed by atoms with Gasteiger partial charge in [-0.15, -0.1) is 0 Å². The van der Waals surface area contributed by atoms with E-state index in [1.165, 1.54) is 44.1 Å². The fourth-order valence-corrected chi connectivity index (χ4v) is 5.49. The highest BCUT2D eigenvalue weighted by Crippen LogP contribution is 2.41. The van der Waals surface area contributed by atoms with Crippen molar-refractivity contribution in [3.63, 3.8) is 0 Å². The Morgan fingerprint density at radius 3 is 2.28 bits per heavy atom. The molecular formula is C33H45NO2. The van der Waals surface area contributed by atoms with Crippen LogP contribution < -0.4 is 4.74 Å². The second-order valence-corrected chi connectivity index (χ2v) is 10.9. The van der Waals surface area contributed by atoms with E-state index in [0.717, 1.165) is 62.5 Å². The van der Waals surface area contributed by atoms with Crippen LogP contribution in [0.15, 0.2) is 42.5 Å². The largest absolute Gasteiger partial charge is 0.424 e. The maximum absolute atomic E-state index is 13.7. The summed E-state index contributed by atoms with van der Waals surface area (Å²) in [5, 5.41) is 9.76. The lowest BCUT2D eigenvalue weighted by atomic mass is 9.69. The molecule has 3 nitrogen and oxygen atoms in total. The lowest BCUT2D eigenvalue weighted by Gasteiger charge is -2.35. The molecule has 36 heavy (non-hydrogen) atoms. The maximum atomic E-state index is 13.7. The minimum Gasteiger partial charge on any atom is -0.424 e. The first-order chi connectivity index (χ1) is 17.5. The number of esters is 1. The van der Waals surface area contributed by atoms with Gasteiger partial charge in [-0.2, -0.15) is 5.26 Å². The van der Waals surface area contributed by atoms with Crippen LogP contribution in [0.25, 0.3) is 0 Å². The third-order valence-electron chi connectivity index (χ3n) is 8.07. The van der Waals surface area contributed by atoms with Crippen LogP contribution >= 0.6 is 0 Å². The van der Waals surface area contributed by atoms with Crippen molar-refractivity contribution in [2.24, 2.45) is 5.92 Å². The van der Waals surface area contributed by atoms with E-state index in [0.29, 0.717) is 17.2 Å². The molecule has 0 N–H and O–H groups in total. The van der Waals surface area contributed by atoms with Crippen LogP contribution in [0, 0.1) is 17.2 Å². The van der Waals surface area contributed by atoms with Crippen molar-refractivity contribution < 1.29 is 9.53 Å². The normalized spacial score (nSPS) is 15.7. The van der Waals surface area contributed by atoms with Crippen LogP contribution in [-0.4, -0.2) is 5.97 Å². The number of carbonyl (C=O) groups excluding carboxylic acids is 1. The molecule has 2 aromatic rings. The summed E-state index contributed by atoms with van der Waals surface area (Å²) in [6, 6.07) is 16.7. The molecule has 1 fully saturated rings. The zero-order valence-corrected chi connectivity index (χ0v) is 22.8. The molecule has 0 amide bonds. The molecule has 1 saturated carbocycles. The van der Waals surface area contributed by atoms with Crippen LogP contribution in [0.3, 0.4) is 0 Å². The lowest BCUT2D eigenvalue weighted by Crippen LogP contribution is -2.41. The molecule has 0 bridgehead atoms. The summed E-state index contributed by atoms with van der Waals surface area (Å²) in [5.74, 6) is 0.733. The average molecular weight is 488 g/mol. The van der Waals surface area contributed by atoms with Crippen molar-refractivity contribution in [3.05, 3.63) is 64.7 Å². The average Bonchev–Trinajstić information content (AvgIpc) is 2.92. The number of ether oxygens (including phenoxy) is 1. The minimum absolute atomic E-state index is 0.211. The van der Waals surface area contributed by atoms with E-state index in [9.17, 15) is 10.1 Å². The van der Waals surface area contributed by atoms with E-state index in [-0.39, 0.29) is 5.97 Å². The molecule has 0 saturated heterocycles. The lowest BCUT2D eigenvalue weighted by molar-refractivity contribution is -0.142. The molecule has 0 heterocycles. The van der Waals surface area contributed by atoms with Crippen molar-refractivity contribution in [1.29, 1.82) is 5.26 Å². The van der Waals surface area contributed by atoms with Gasteiger partial charge in [0.15, 0.2) is 0 Å². The van der Waals surface area contributed by atoms with Gasteiger partial charge in [0.2, 0.25) is 0 Å². The molecule has 1 aliphatic carbocycles. The van der Waals surface area contributed by atoms with Gasteiger partial charge in [-0.05, 0) is 66.8 Å². The van der Waals surface area contributed by atoms with Crippen molar-refractivity contribution in [3.8, 4) is 11.8 Å². The zero-order chi connectivity index (χ0) is 25.8. The van der Waals surface area contributed by atoms with Crippen LogP contribution in [0.5, 0.6) is 5.75 Å². The molecule has 2 aromatic carbocycles. The standard InChI is InChI=1S/C33H45NO2/c1-4-6-7-8-9-11-14-27-15-18-30(19-16-27)33(21-12-10-13-22-33)32(35)36-31-20-17-28(23-26(3)5-2)24-29(31)25-34/h15-20,24,26H,4-14,21-23H2,1-3H3. The van der Waals surface area contributed by atoms with Crippen LogP contribution in [0.4, 0.5) is 0 Å². The third kappa shape index (κ3) is 7.45. The zero-order valence-electron chi connectivity index (χ0n) is 22.8. The van der Waals surface area contributed by atoms with Crippen molar-refractivity contribution in [1.82, 2.24) is 0 Å². The highest BCUT2D eigenvalue weighted by molar-refractivity contribution is 5.85. The topological polar surface area (TPSA) is 50.1 Å². The summed E-state index contributed by atoms with van der Waals surface area (Å²) >= 11 is 0. The van der Waals surface area contributed by atoms with E-state index in [1.54, 1.807) is 0 Å². The minimum atomic E-state index is -0.626. The quantitative estimate of drug-likeness (QED) is 0.161. The van der Waals surface area contributed by atoms with Gasteiger partial charge in [-0.25, -0.2) is 0 Å². The van der Waals surface area contributed by atoms with E-state index >= 15 is 0 Å². The summed E-state index contributed by atoms with van der Waals surface area (Å²) < 4.78 is 6.00. The molecule has 1 unspecified atom stereocenters. The number of rotatable bonds is 13. The number of carbonyl (C=O) groups is 1. The second kappa shape index (κ2) is 14.2. The van der Waals surface area contributed by atoms with Gasteiger partial charge in [-0.1, -0.05) is 109 Å². The molecule has 0 radical (unpaired) electrons. The van der Waals surface area contributed by atoms with Gasteiger partial charge < -0.3 is 4.74 Å². The first-order valence-electron chi connectivity index (χ1n) is 14.4. The fourth-order valence-electron chi connectivity index (χ4n) is 5.49. The molecule has 3 heteroatoms. The summed E-state index contributed by atoms with van der Waals surface area (Å²) in [6.45, 7) is 6.64. The highest BCUT2D eigenvalue weighted by Gasteiger charge is 2.43. The number of nitriles is 1. The van der Waals surface area contributed by atoms with E-state index in [1.807, 2.05) is 18.2 Å². The number of nitrogens with zero attached hydrogens (tertiary/aromatic N) is 1. The van der Waals surface area contributed by atoms with Crippen molar-refractivity contribution >= 4 is 5.97 Å². The first-order valence-corrected chi connectivity index (χ1v) is 14.4. The predicted molar refractivity (Wildman–Crippen MR) is 148 cm³/mol. The Labute approximate surface area is 219 Å². The Morgan fingerprint density at radius 2 is 1.61 bits per heavy atom. The summed E-state index contributed by atoms with van der Waals surface area (Å²) in [5.41, 5.74) is 3.35. The van der Waals surface area contributed by atoms with Crippen LogP contribution in [-0.2, 0) is 23.1 Å². The number of hydrogen-bond acceptors (Lipinski definition) is 3. The van der Waals surface area contributed by atoms with Crippen LogP contribution in [0.1, 0.15) is 120 Å². The molecule has 3 rings (SSSR count). The molecular weight excluding hydrogens is 442 g/mol. The predicted octanol–water partition coefficient (Wildman–Crippen LogP) is 8.86. The van der Waals surface area contributed by atoms with Gasteiger partial charge in [-0.3, -0.25) is 4.79 Å². The van der Waals surface area contributed by atoms with Crippen LogP contribution in [0.2, 0.25) is 0 Å². The summed E-state index contributed by atoms with van der Waals surface area (Å²) in [6.07, 6.45) is 15.7. The molecule has 1 atom stereocenters. The van der Waals surface area contributed by atoms with Crippen molar-refractivity contribution in [2.75, 3.05) is 0 Å². The van der Waals surface area contributed by atoms with E-state index in [2.05, 4.69) is 51.1 Å². The van der Waals surface area contributed by atoms with Crippen molar-refractivity contribution in [2.45, 2.75) is 116 Å². The molecule has 0 aromatic heterocycles. The van der Waals surface area contributed by atoms with Gasteiger partial charge in [0.1, 0.15) is 11.8 Å². The number of aryl methyl sites for hydroxylation is 1. The summed E-state index contributed by atoms with van der Waals surface area (Å²) in [4.78, 5) is 13.7. The van der Waals surface area contributed by atoms with Gasteiger partial charge >= 0.3 is 5.97 Å². The molecule has 194 valence electrons. The Hall–Kier alpha value is -2.60. The van der Waals surface area contributed by atoms with E-state index in [4.69, 9.17) is 4.74 Å². The smallest absolute Gasteiger partial charge is 0.321 e. The monoisotopic (exact) mass is 487 g/mol. The Morgan fingerprint density at radius 1 is 0.944 bits per heavy atom. The highest BCUT2D eigenvalue weighted by atomic mass is 16.5. The SMILES string of the molecule is CCCCCCCCc1ccc(C2(C(=O)Oc3ccc(CC(C)CC)cc3C#N)CCCCC2)cc1. The maximum Gasteiger partial charge on any atom is 0.321 e. The Kier molecular flexibility index (Phi) is 11.1. The van der Waals surface area contributed by atoms with Gasteiger partial charge in [0.25, 0.3) is 0 Å². The molecule has 0 spiro atoms. The molecule has 1 aliphatic rings.